The van der Waals surface area contributed by atoms with E-state index in [1.807, 2.05) is 0 Å². The van der Waals surface area contributed by atoms with Crippen molar-refractivity contribution < 1.29 is 19.1 Å². The van der Waals surface area contributed by atoms with Crippen LogP contribution in [0.5, 0.6) is 5.75 Å². The van der Waals surface area contributed by atoms with Crippen LogP contribution in [-0.2, 0) is 14.3 Å². The molecule has 0 spiro atoms. The first kappa shape index (κ1) is 16.7. The lowest BCUT2D eigenvalue weighted by Gasteiger charge is -2.31. The number of carbonyl (C=O) groups is 2. The summed E-state index contributed by atoms with van der Waals surface area (Å²) >= 11 is 0. The molecule has 1 aromatic carbocycles. The van der Waals surface area contributed by atoms with Crippen molar-refractivity contribution in [3.63, 3.8) is 0 Å². The number of hydrogen-bond donors (Lipinski definition) is 2. The van der Waals surface area contributed by atoms with Gasteiger partial charge in [-0.05, 0) is 31.4 Å². The van der Waals surface area contributed by atoms with Crippen molar-refractivity contribution in [1.29, 1.82) is 0 Å². The fourth-order valence-electron chi connectivity index (χ4n) is 3.10. The molecule has 2 amide bonds. The highest BCUT2D eigenvalue weighted by molar-refractivity contribution is 6.00. The lowest BCUT2D eigenvalue weighted by molar-refractivity contribution is -0.124. The van der Waals surface area contributed by atoms with Crippen molar-refractivity contribution >= 4 is 23.2 Å². The molecule has 3 N–H and O–H groups in total. The van der Waals surface area contributed by atoms with Crippen molar-refractivity contribution in [2.45, 2.75) is 31.2 Å². The fourth-order valence-corrected chi connectivity index (χ4v) is 3.10. The predicted octanol–water partition coefficient (Wildman–Crippen LogP) is 1.27. The van der Waals surface area contributed by atoms with Crippen molar-refractivity contribution in [3.8, 4) is 5.75 Å². The largest absolute Gasteiger partial charge is 0.494 e. The Morgan fingerprint density at radius 3 is 2.75 bits per heavy atom. The first-order valence-corrected chi connectivity index (χ1v) is 8.20. The van der Waals surface area contributed by atoms with E-state index in [1.54, 1.807) is 30.2 Å². The SMILES string of the molecule is COc1cc(NC(=O)C2(N)CCOCC2)ccc1N1CCCC1=O. The number of amides is 2. The standard InChI is InChI=1S/C17H23N3O4/c1-23-14-11-12(4-5-13(14)20-8-2-3-15(20)21)19-16(22)17(18)6-9-24-10-7-17/h4-5,11H,2-3,6-10,18H2,1H3,(H,19,22). The zero-order chi connectivity index (χ0) is 17.2. The predicted molar refractivity (Wildman–Crippen MR) is 90.2 cm³/mol. The molecule has 0 aromatic heterocycles. The van der Waals surface area contributed by atoms with Crippen LogP contribution >= 0.6 is 0 Å². The molecule has 7 heteroatoms. The van der Waals surface area contributed by atoms with Crippen LogP contribution in [0.3, 0.4) is 0 Å². The summed E-state index contributed by atoms with van der Waals surface area (Å²) in [7, 11) is 1.55. The number of nitrogens with two attached hydrogens (primary N) is 1. The Morgan fingerprint density at radius 1 is 1.38 bits per heavy atom. The molecule has 0 unspecified atom stereocenters. The van der Waals surface area contributed by atoms with E-state index in [0.717, 1.165) is 12.1 Å². The van der Waals surface area contributed by atoms with E-state index in [4.69, 9.17) is 15.2 Å². The van der Waals surface area contributed by atoms with Crippen LogP contribution in [0.15, 0.2) is 18.2 Å². The van der Waals surface area contributed by atoms with Gasteiger partial charge in [0.15, 0.2) is 0 Å². The van der Waals surface area contributed by atoms with Gasteiger partial charge in [0.05, 0.1) is 12.8 Å². The van der Waals surface area contributed by atoms with Crippen LogP contribution in [0, 0.1) is 0 Å². The van der Waals surface area contributed by atoms with Crippen LogP contribution in [0.2, 0.25) is 0 Å². The van der Waals surface area contributed by atoms with E-state index >= 15 is 0 Å². The average Bonchev–Trinajstić information content (AvgIpc) is 3.01. The molecule has 130 valence electrons. The van der Waals surface area contributed by atoms with Crippen molar-refractivity contribution in [3.05, 3.63) is 18.2 Å². The summed E-state index contributed by atoms with van der Waals surface area (Å²) in [6, 6.07) is 5.29. The highest BCUT2D eigenvalue weighted by atomic mass is 16.5. The number of methoxy groups -OCH3 is 1. The van der Waals surface area contributed by atoms with E-state index in [-0.39, 0.29) is 11.8 Å². The van der Waals surface area contributed by atoms with Gasteiger partial charge in [0.1, 0.15) is 11.3 Å². The van der Waals surface area contributed by atoms with Crippen LogP contribution in [0.25, 0.3) is 0 Å². The number of hydrogen-bond acceptors (Lipinski definition) is 5. The zero-order valence-corrected chi connectivity index (χ0v) is 13.8. The maximum Gasteiger partial charge on any atom is 0.244 e. The second kappa shape index (κ2) is 6.78. The molecule has 24 heavy (non-hydrogen) atoms. The average molecular weight is 333 g/mol. The summed E-state index contributed by atoms with van der Waals surface area (Å²) in [6.45, 7) is 1.67. The molecule has 2 saturated heterocycles. The number of ether oxygens (including phenoxy) is 2. The maximum atomic E-state index is 12.5. The summed E-state index contributed by atoms with van der Waals surface area (Å²) in [6.07, 6.45) is 2.39. The monoisotopic (exact) mass is 333 g/mol. The second-order valence-electron chi connectivity index (χ2n) is 6.26. The topological polar surface area (TPSA) is 93.9 Å². The summed E-state index contributed by atoms with van der Waals surface area (Å²) in [4.78, 5) is 26.1. The highest BCUT2D eigenvalue weighted by Gasteiger charge is 2.36. The van der Waals surface area contributed by atoms with Crippen LogP contribution < -0.4 is 20.7 Å². The molecule has 2 aliphatic rings. The minimum absolute atomic E-state index is 0.0909. The molecule has 0 atom stereocenters. The number of nitrogens with zero attached hydrogens (tertiary/aromatic N) is 1. The van der Waals surface area contributed by atoms with Gasteiger partial charge in [-0.2, -0.15) is 0 Å². The number of benzene rings is 1. The third kappa shape index (κ3) is 3.22. The van der Waals surface area contributed by atoms with E-state index in [2.05, 4.69) is 5.32 Å². The normalized spacial score (nSPS) is 20.1. The minimum Gasteiger partial charge on any atom is -0.494 e. The number of carbonyl (C=O) groups excluding carboxylic acids is 2. The molecule has 2 fully saturated rings. The van der Waals surface area contributed by atoms with Crippen LogP contribution in [0.1, 0.15) is 25.7 Å². The maximum absolute atomic E-state index is 12.5. The van der Waals surface area contributed by atoms with Crippen molar-refractivity contribution in [2.75, 3.05) is 37.1 Å². The highest BCUT2D eigenvalue weighted by Crippen LogP contribution is 2.34. The second-order valence-corrected chi connectivity index (χ2v) is 6.26. The van der Waals surface area contributed by atoms with Gasteiger partial charge in [0.2, 0.25) is 11.8 Å². The van der Waals surface area contributed by atoms with Crippen LogP contribution in [-0.4, -0.2) is 44.2 Å². The van der Waals surface area contributed by atoms with E-state index in [0.29, 0.717) is 50.5 Å². The Bertz CT molecular complexity index is 641. The van der Waals surface area contributed by atoms with Gasteiger partial charge in [-0.15, -0.1) is 0 Å². The molecule has 0 radical (unpaired) electrons. The lowest BCUT2D eigenvalue weighted by Crippen LogP contribution is -2.54. The molecular weight excluding hydrogens is 310 g/mol. The number of rotatable bonds is 4. The molecule has 1 aromatic rings. The van der Waals surface area contributed by atoms with Gasteiger partial charge in [0, 0.05) is 37.9 Å². The van der Waals surface area contributed by atoms with Gasteiger partial charge in [0.25, 0.3) is 0 Å². The Hall–Kier alpha value is -2.12. The van der Waals surface area contributed by atoms with E-state index in [9.17, 15) is 9.59 Å². The van der Waals surface area contributed by atoms with E-state index < -0.39 is 5.54 Å². The van der Waals surface area contributed by atoms with Gasteiger partial charge in [-0.3, -0.25) is 9.59 Å². The number of nitrogens with one attached hydrogen (secondary N) is 1. The van der Waals surface area contributed by atoms with Crippen molar-refractivity contribution in [2.24, 2.45) is 5.73 Å². The quantitative estimate of drug-likeness (QED) is 0.865. The summed E-state index contributed by atoms with van der Waals surface area (Å²) < 4.78 is 10.7. The molecule has 2 heterocycles. The van der Waals surface area contributed by atoms with Gasteiger partial charge >= 0.3 is 0 Å². The Kier molecular flexibility index (Phi) is 4.73. The molecule has 2 aliphatic heterocycles. The number of anilines is 2. The molecule has 0 aliphatic carbocycles. The minimum atomic E-state index is -0.908. The lowest BCUT2D eigenvalue weighted by atomic mass is 9.90. The molecular formula is C17H23N3O4. The smallest absolute Gasteiger partial charge is 0.244 e. The molecule has 0 saturated carbocycles. The van der Waals surface area contributed by atoms with Crippen LogP contribution in [0.4, 0.5) is 11.4 Å². The first-order valence-electron chi connectivity index (χ1n) is 8.20. The van der Waals surface area contributed by atoms with E-state index in [1.165, 1.54) is 0 Å². The zero-order valence-electron chi connectivity index (χ0n) is 13.8. The van der Waals surface area contributed by atoms with Gasteiger partial charge in [-0.1, -0.05) is 0 Å². The molecule has 7 nitrogen and oxygen atoms in total. The Labute approximate surface area is 141 Å². The summed E-state index contributed by atoms with van der Waals surface area (Å²) in [5.41, 5.74) is 6.61. The third-order valence-corrected chi connectivity index (χ3v) is 4.64. The fraction of sp³-hybridized carbons (Fsp3) is 0.529. The first-order chi connectivity index (χ1) is 11.5. The van der Waals surface area contributed by atoms with Gasteiger partial charge < -0.3 is 25.4 Å². The summed E-state index contributed by atoms with van der Waals surface area (Å²) in [5, 5.41) is 2.85. The van der Waals surface area contributed by atoms with Gasteiger partial charge in [-0.25, -0.2) is 0 Å². The Balaban J connectivity index is 1.77. The van der Waals surface area contributed by atoms with Crippen molar-refractivity contribution in [1.82, 2.24) is 0 Å². The molecule has 0 bridgehead atoms. The summed E-state index contributed by atoms with van der Waals surface area (Å²) in [5.74, 6) is 0.423. The third-order valence-electron chi connectivity index (χ3n) is 4.64. The molecule has 3 rings (SSSR count). The Morgan fingerprint density at radius 2 is 2.12 bits per heavy atom.